The van der Waals surface area contributed by atoms with Crippen LogP contribution in [-0.4, -0.2) is 37.0 Å². The first-order valence-corrected chi connectivity index (χ1v) is 7.87. The van der Waals surface area contributed by atoms with Crippen molar-refractivity contribution in [3.05, 3.63) is 29.0 Å². The molecule has 1 aliphatic rings. The van der Waals surface area contributed by atoms with E-state index in [2.05, 4.69) is 0 Å². The van der Waals surface area contributed by atoms with Crippen LogP contribution in [0.15, 0.2) is 23.1 Å². The molecule has 19 heavy (non-hydrogen) atoms. The van der Waals surface area contributed by atoms with Crippen molar-refractivity contribution >= 4 is 21.6 Å². The third-order valence-corrected chi connectivity index (χ3v) is 5.55. The van der Waals surface area contributed by atoms with Gasteiger partial charge < -0.3 is 5.11 Å². The summed E-state index contributed by atoms with van der Waals surface area (Å²) < 4.78 is 39.9. The van der Waals surface area contributed by atoms with Gasteiger partial charge in [0.05, 0.1) is 11.6 Å². The van der Waals surface area contributed by atoms with Crippen LogP contribution in [0.3, 0.4) is 0 Å². The van der Waals surface area contributed by atoms with Gasteiger partial charge in [-0.05, 0) is 25.0 Å². The summed E-state index contributed by atoms with van der Waals surface area (Å²) in [5, 5.41) is 9.05. The van der Waals surface area contributed by atoms with Gasteiger partial charge in [-0.1, -0.05) is 24.1 Å². The third-order valence-electron chi connectivity index (χ3n) is 3.29. The minimum Gasteiger partial charge on any atom is -0.395 e. The molecule has 0 amide bonds. The Bertz CT molecular complexity index is 564. The average Bonchev–Trinajstić information content (AvgIpc) is 2.41. The molecule has 0 aliphatic carbocycles. The molecule has 0 saturated carbocycles. The highest BCUT2D eigenvalue weighted by atomic mass is 35.5. The summed E-state index contributed by atoms with van der Waals surface area (Å²) in [4.78, 5) is -0.430. The molecule has 106 valence electrons. The predicted molar refractivity (Wildman–Crippen MR) is 70.0 cm³/mol. The SMILES string of the molecule is O=S(=O)(c1cccc(Cl)c1F)N1CCCCC1CO. The maximum absolute atomic E-state index is 13.9. The smallest absolute Gasteiger partial charge is 0.246 e. The second-order valence-electron chi connectivity index (χ2n) is 4.50. The summed E-state index contributed by atoms with van der Waals surface area (Å²) in [6.07, 6.45) is 2.14. The Hall–Kier alpha value is -0.690. The monoisotopic (exact) mass is 307 g/mol. The highest BCUT2D eigenvalue weighted by molar-refractivity contribution is 7.89. The molecule has 2 rings (SSSR count). The first kappa shape index (κ1) is 14.7. The number of hydrogen-bond donors (Lipinski definition) is 1. The number of piperidine rings is 1. The van der Waals surface area contributed by atoms with Crippen LogP contribution in [-0.2, 0) is 10.0 Å². The number of halogens is 2. The number of rotatable bonds is 3. The van der Waals surface area contributed by atoms with Gasteiger partial charge in [0.2, 0.25) is 10.0 Å². The highest BCUT2D eigenvalue weighted by Gasteiger charge is 2.35. The van der Waals surface area contributed by atoms with Crippen LogP contribution in [0, 0.1) is 5.82 Å². The number of benzene rings is 1. The molecule has 0 radical (unpaired) electrons. The topological polar surface area (TPSA) is 57.6 Å². The zero-order valence-corrected chi connectivity index (χ0v) is 11.8. The fraction of sp³-hybridized carbons (Fsp3) is 0.500. The van der Waals surface area contributed by atoms with E-state index in [0.29, 0.717) is 19.4 Å². The zero-order chi connectivity index (χ0) is 14.0. The number of sulfonamides is 1. The Morgan fingerprint density at radius 3 is 2.84 bits per heavy atom. The maximum Gasteiger partial charge on any atom is 0.246 e. The van der Waals surface area contributed by atoms with Crippen LogP contribution in [0.4, 0.5) is 4.39 Å². The van der Waals surface area contributed by atoms with E-state index < -0.39 is 26.8 Å². The summed E-state index contributed by atoms with van der Waals surface area (Å²) in [5.74, 6) is -0.938. The molecule has 7 heteroatoms. The minimum absolute atomic E-state index is 0.223. The van der Waals surface area contributed by atoms with Gasteiger partial charge in [0.25, 0.3) is 0 Å². The molecular weight excluding hydrogens is 293 g/mol. The van der Waals surface area contributed by atoms with Crippen molar-refractivity contribution in [3.63, 3.8) is 0 Å². The zero-order valence-electron chi connectivity index (χ0n) is 10.2. The minimum atomic E-state index is -3.96. The lowest BCUT2D eigenvalue weighted by molar-refractivity contribution is 0.155. The van der Waals surface area contributed by atoms with E-state index in [9.17, 15) is 17.9 Å². The molecule has 1 aromatic rings. The van der Waals surface area contributed by atoms with Crippen LogP contribution >= 0.6 is 11.6 Å². The molecular formula is C12H15ClFNO3S. The number of nitrogens with zero attached hydrogens (tertiary/aromatic N) is 1. The molecule has 1 unspecified atom stereocenters. The molecule has 0 bridgehead atoms. The van der Waals surface area contributed by atoms with E-state index in [1.165, 1.54) is 22.5 Å². The highest BCUT2D eigenvalue weighted by Crippen LogP contribution is 2.29. The summed E-state index contributed by atoms with van der Waals surface area (Å²) in [6, 6.07) is 3.41. The lowest BCUT2D eigenvalue weighted by Gasteiger charge is -2.33. The first-order chi connectivity index (χ1) is 8.98. The third kappa shape index (κ3) is 2.76. The standard InChI is InChI=1S/C12H15ClFNO3S/c13-10-5-3-6-11(12(10)14)19(17,18)15-7-2-1-4-9(15)8-16/h3,5-6,9,16H,1-2,4,7-8H2. The van der Waals surface area contributed by atoms with Crippen molar-refractivity contribution in [2.24, 2.45) is 0 Å². The van der Waals surface area contributed by atoms with Crippen molar-refractivity contribution in [2.75, 3.05) is 13.2 Å². The van der Waals surface area contributed by atoms with E-state index in [1.807, 2.05) is 0 Å². The molecule has 1 N–H and O–H groups in total. The predicted octanol–water partition coefficient (Wildman–Crippen LogP) is 2.01. The van der Waals surface area contributed by atoms with Crippen LogP contribution in [0.25, 0.3) is 0 Å². The van der Waals surface area contributed by atoms with Gasteiger partial charge in [-0.2, -0.15) is 4.31 Å². The molecule has 1 fully saturated rings. The Balaban J connectivity index is 2.44. The molecule has 1 saturated heterocycles. The van der Waals surface area contributed by atoms with E-state index >= 15 is 0 Å². The van der Waals surface area contributed by atoms with Gasteiger partial charge >= 0.3 is 0 Å². The summed E-state index contributed by atoms with van der Waals surface area (Å²) in [6.45, 7) is 0.0287. The van der Waals surface area contributed by atoms with Gasteiger partial charge in [0.1, 0.15) is 4.90 Å². The molecule has 1 atom stereocenters. The van der Waals surface area contributed by atoms with Gasteiger partial charge in [-0.15, -0.1) is 0 Å². The second kappa shape index (κ2) is 5.75. The van der Waals surface area contributed by atoms with E-state index in [-0.39, 0.29) is 11.6 Å². The molecule has 1 aromatic carbocycles. The largest absolute Gasteiger partial charge is 0.395 e. The number of aliphatic hydroxyl groups excluding tert-OH is 1. The van der Waals surface area contributed by atoms with Crippen LogP contribution in [0.1, 0.15) is 19.3 Å². The van der Waals surface area contributed by atoms with Crippen molar-refractivity contribution in [1.82, 2.24) is 4.31 Å². The van der Waals surface area contributed by atoms with Crippen molar-refractivity contribution in [1.29, 1.82) is 0 Å². The van der Waals surface area contributed by atoms with Crippen LogP contribution < -0.4 is 0 Å². The van der Waals surface area contributed by atoms with Crippen molar-refractivity contribution in [2.45, 2.75) is 30.2 Å². The second-order valence-corrected chi connectivity index (χ2v) is 6.77. The Kier molecular flexibility index (Phi) is 4.45. The van der Waals surface area contributed by atoms with E-state index in [0.717, 1.165) is 6.42 Å². The normalized spacial score (nSPS) is 21.5. The Morgan fingerprint density at radius 2 is 2.16 bits per heavy atom. The van der Waals surface area contributed by atoms with Crippen molar-refractivity contribution < 1.29 is 17.9 Å². The van der Waals surface area contributed by atoms with E-state index in [4.69, 9.17) is 11.6 Å². The summed E-state index contributed by atoms with van der Waals surface area (Å²) in [7, 11) is -3.96. The molecule has 0 aromatic heterocycles. The quantitative estimate of drug-likeness (QED) is 0.929. The Morgan fingerprint density at radius 1 is 1.42 bits per heavy atom. The lowest BCUT2D eigenvalue weighted by Crippen LogP contribution is -2.45. The van der Waals surface area contributed by atoms with Crippen molar-refractivity contribution in [3.8, 4) is 0 Å². The van der Waals surface area contributed by atoms with Gasteiger partial charge in [-0.3, -0.25) is 0 Å². The van der Waals surface area contributed by atoms with Gasteiger partial charge in [0, 0.05) is 12.6 Å². The van der Waals surface area contributed by atoms with E-state index in [1.54, 1.807) is 0 Å². The first-order valence-electron chi connectivity index (χ1n) is 6.05. The average molecular weight is 308 g/mol. The molecule has 4 nitrogen and oxygen atoms in total. The number of hydrogen-bond acceptors (Lipinski definition) is 3. The molecule has 0 spiro atoms. The number of aliphatic hydroxyl groups is 1. The molecule has 1 heterocycles. The van der Waals surface area contributed by atoms with Gasteiger partial charge in [0.15, 0.2) is 5.82 Å². The lowest BCUT2D eigenvalue weighted by atomic mass is 10.1. The Labute approximate surface area is 116 Å². The fourth-order valence-electron chi connectivity index (χ4n) is 2.28. The summed E-state index contributed by atoms with van der Waals surface area (Å²) in [5.41, 5.74) is 0. The molecule has 1 aliphatic heterocycles. The van der Waals surface area contributed by atoms with Crippen LogP contribution in [0.5, 0.6) is 0 Å². The summed E-state index contributed by atoms with van der Waals surface area (Å²) >= 11 is 5.62. The van der Waals surface area contributed by atoms with Crippen LogP contribution in [0.2, 0.25) is 5.02 Å². The van der Waals surface area contributed by atoms with Gasteiger partial charge in [-0.25, -0.2) is 12.8 Å². The fourth-order valence-corrected chi connectivity index (χ4v) is 4.29. The maximum atomic E-state index is 13.9.